The van der Waals surface area contributed by atoms with Crippen molar-refractivity contribution < 1.29 is 20.1 Å². The molecule has 0 amide bonds. The first-order valence-corrected chi connectivity index (χ1v) is 14.9. The van der Waals surface area contributed by atoms with E-state index in [1.165, 1.54) is 12.4 Å². The highest BCUT2D eigenvalue weighted by Gasteiger charge is 2.44. The maximum absolute atomic E-state index is 12.3. The molecule has 0 aliphatic carbocycles. The van der Waals surface area contributed by atoms with E-state index in [4.69, 9.17) is 15.8 Å². The monoisotopic (exact) mass is 737 g/mol. The third-order valence-corrected chi connectivity index (χ3v) is 6.05. The molecule has 23 nitrogen and oxygen atoms in total. The number of nitrogens with one attached hydrogen (secondary N) is 8. The third kappa shape index (κ3) is 13.6. The molecule has 0 aromatic carbocycles. The van der Waals surface area contributed by atoms with E-state index in [2.05, 4.69) is 47.0 Å². The topological polar surface area (TPSA) is 366 Å². The van der Waals surface area contributed by atoms with Gasteiger partial charge in [-0.25, -0.2) is 35.4 Å². The molecule has 0 saturated carbocycles. The van der Waals surface area contributed by atoms with E-state index in [1.54, 1.807) is 55.0 Å². The molecule has 2 aliphatic heterocycles. The maximum atomic E-state index is 12.3. The van der Waals surface area contributed by atoms with Gasteiger partial charge in [-0.1, -0.05) is 18.2 Å². The summed E-state index contributed by atoms with van der Waals surface area (Å²) in [6, 6.07) is 5.00. The second-order valence-corrected chi connectivity index (χ2v) is 9.87. The quantitative estimate of drug-likeness (QED) is 0.0891. The highest BCUT2D eigenvalue weighted by atomic mass is 16.6. The molecule has 6 rings (SSSR count). The molecule has 6 heterocycles. The van der Waals surface area contributed by atoms with Crippen LogP contribution in [0.25, 0.3) is 5.70 Å². The summed E-state index contributed by atoms with van der Waals surface area (Å²) in [6.07, 6.45) is 9.98. The molecular formula is C30H35N13O10. The lowest BCUT2D eigenvalue weighted by Gasteiger charge is -2.22. The minimum Gasteiger partial charge on any atom is -0.394 e. The fourth-order valence-electron chi connectivity index (χ4n) is 3.96. The molecule has 1 saturated heterocycles. The number of nitrogens with zero attached hydrogens (tertiary/aromatic N) is 5. The zero-order valence-electron chi connectivity index (χ0n) is 27.7. The second kappa shape index (κ2) is 21.9. The van der Waals surface area contributed by atoms with E-state index >= 15 is 0 Å². The Morgan fingerprint density at radius 1 is 0.849 bits per heavy atom. The van der Waals surface area contributed by atoms with E-state index in [-0.39, 0.29) is 17.3 Å². The summed E-state index contributed by atoms with van der Waals surface area (Å²) >= 11 is 0. The van der Waals surface area contributed by atoms with Crippen LogP contribution >= 0.6 is 0 Å². The first-order chi connectivity index (χ1) is 25.4. The van der Waals surface area contributed by atoms with Crippen LogP contribution in [0.4, 0.5) is 11.6 Å². The first-order valence-electron chi connectivity index (χ1n) is 14.9. The average Bonchev–Trinajstić information content (AvgIpc) is 3.28. The third-order valence-electron chi connectivity index (χ3n) is 6.05. The van der Waals surface area contributed by atoms with Crippen molar-refractivity contribution in [3.8, 4) is 0 Å². The molecule has 0 bridgehead atoms. The summed E-state index contributed by atoms with van der Waals surface area (Å²) in [7, 11) is 0. The fourth-order valence-corrected chi connectivity index (χ4v) is 3.96. The van der Waals surface area contributed by atoms with Gasteiger partial charge in [0.1, 0.15) is 24.6 Å². The number of aliphatic hydroxyl groups excluding tert-OH is 3. The number of H-pyrrole nitrogens is 5. The fraction of sp³-hybridized carbons (Fsp3) is 0.200. The SMILES string of the molecule is C=CC.N=Nc1cc(=O)[nH]c(=O)[nH]1.N=Nc1cc(=O)[nH]c(=O)[nH]1.O=c1cc(C2=CC=CC=CN2)n([C@@H]2O[C@H](CO)[C@@H](O)[C@H]2O)c(=O)[nH]1.c1cncnc1. The van der Waals surface area contributed by atoms with Crippen LogP contribution < -0.4 is 39.1 Å². The van der Waals surface area contributed by atoms with Gasteiger partial charge in [-0.3, -0.25) is 43.9 Å². The van der Waals surface area contributed by atoms with Gasteiger partial charge in [-0.15, -0.1) is 16.8 Å². The van der Waals surface area contributed by atoms with Gasteiger partial charge in [0.05, 0.1) is 18.0 Å². The van der Waals surface area contributed by atoms with Crippen LogP contribution in [-0.4, -0.2) is 79.7 Å². The number of aliphatic hydroxyl groups is 3. The van der Waals surface area contributed by atoms with Gasteiger partial charge < -0.3 is 25.4 Å². The number of aromatic amines is 5. The average molecular weight is 738 g/mol. The molecule has 11 N–H and O–H groups in total. The number of ether oxygens (including phenoxy) is 1. The molecular weight excluding hydrogens is 702 g/mol. The van der Waals surface area contributed by atoms with Gasteiger partial charge in [0.2, 0.25) is 0 Å². The summed E-state index contributed by atoms with van der Waals surface area (Å²) in [5, 5.41) is 37.9. The molecule has 4 atom stereocenters. The number of hydrogen-bond acceptors (Lipinski definition) is 17. The minimum absolute atomic E-state index is 0.0475. The molecule has 2 aliphatic rings. The molecule has 23 heteroatoms. The van der Waals surface area contributed by atoms with Gasteiger partial charge in [0, 0.05) is 36.8 Å². The number of hydrogen-bond donors (Lipinski definition) is 11. The van der Waals surface area contributed by atoms with Gasteiger partial charge in [-0.05, 0) is 25.1 Å². The highest BCUT2D eigenvalue weighted by Crippen LogP contribution is 2.30. The van der Waals surface area contributed by atoms with Crippen LogP contribution in [-0.2, 0) is 4.74 Å². The van der Waals surface area contributed by atoms with Crippen LogP contribution in [0.3, 0.4) is 0 Å². The molecule has 0 unspecified atom stereocenters. The Morgan fingerprint density at radius 2 is 1.40 bits per heavy atom. The molecule has 1 fully saturated rings. The van der Waals surface area contributed by atoms with E-state index in [9.17, 15) is 44.1 Å². The molecule has 53 heavy (non-hydrogen) atoms. The zero-order chi connectivity index (χ0) is 39.3. The van der Waals surface area contributed by atoms with Crippen molar-refractivity contribution in [3.63, 3.8) is 0 Å². The normalized spacial score (nSPS) is 17.8. The van der Waals surface area contributed by atoms with E-state index in [1.807, 2.05) is 16.9 Å². The van der Waals surface area contributed by atoms with Crippen LogP contribution in [0.1, 0.15) is 18.8 Å². The summed E-state index contributed by atoms with van der Waals surface area (Å²) in [6.45, 7) is 4.73. The van der Waals surface area contributed by atoms with Crippen molar-refractivity contribution in [1.82, 2.24) is 44.8 Å². The number of aromatic nitrogens is 8. The van der Waals surface area contributed by atoms with Crippen LogP contribution in [0.2, 0.25) is 0 Å². The molecule has 0 radical (unpaired) electrons. The zero-order valence-corrected chi connectivity index (χ0v) is 27.7. The van der Waals surface area contributed by atoms with Crippen molar-refractivity contribution in [2.24, 2.45) is 10.2 Å². The lowest BCUT2D eigenvalue weighted by atomic mass is 10.1. The molecule has 4 aromatic heterocycles. The van der Waals surface area contributed by atoms with Crippen molar-refractivity contribution in [1.29, 1.82) is 11.1 Å². The predicted molar refractivity (Wildman–Crippen MR) is 187 cm³/mol. The largest absolute Gasteiger partial charge is 0.394 e. The van der Waals surface area contributed by atoms with Gasteiger partial charge in [0.15, 0.2) is 17.9 Å². The van der Waals surface area contributed by atoms with Crippen LogP contribution in [0.5, 0.6) is 0 Å². The van der Waals surface area contributed by atoms with E-state index in [0.717, 1.165) is 16.7 Å². The van der Waals surface area contributed by atoms with Gasteiger partial charge in [-0.2, -0.15) is 0 Å². The minimum atomic E-state index is -1.44. The van der Waals surface area contributed by atoms with Crippen LogP contribution in [0, 0.1) is 11.1 Å². The van der Waals surface area contributed by atoms with E-state index < -0.39 is 64.9 Å². The summed E-state index contributed by atoms with van der Waals surface area (Å²) < 4.78 is 6.44. The molecule has 280 valence electrons. The molecule has 0 spiro atoms. The Hall–Kier alpha value is -7.08. The predicted octanol–water partition coefficient (Wildman–Crippen LogP) is -0.718. The summed E-state index contributed by atoms with van der Waals surface area (Å²) in [4.78, 5) is 83.3. The van der Waals surface area contributed by atoms with Gasteiger partial charge >= 0.3 is 17.1 Å². The lowest BCUT2D eigenvalue weighted by molar-refractivity contribution is -0.0554. The van der Waals surface area contributed by atoms with Gasteiger partial charge in [0.25, 0.3) is 16.7 Å². The van der Waals surface area contributed by atoms with Crippen LogP contribution in [0.15, 0.2) is 125 Å². The summed E-state index contributed by atoms with van der Waals surface area (Å²) in [5.41, 5.74) is 9.64. The standard InChI is InChI=1S/C15H17N3O6.2C4H4N4O2.C4H4N2.C3H6/c19-7-10-12(21)13(22)14(24-10)18-9(6-11(20)17-15(18)23)8-4-2-1-3-5-16-8;2*5-8-2-1-3(9)7-4(10)6-2;1-2-5-4-6-3-1;1-3-2/h1-6,10,12-14,16,19,21-22H,7H2,(H,17,20,23);2*1,5H,(H2,6,7,9,10);1-4H;3H,1H2,2H3/t10-,12-,13-,14-;;;;/m1..../s1. The number of rotatable bonds is 5. The van der Waals surface area contributed by atoms with Crippen molar-refractivity contribution in [2.75, 3.05) is 6.61 Å². The Labute approximate surface area is 295 Å². The summed E-state index contributed by atoms with van der Waals surface area (Å²) in [5.74, 6) is -0.0949. The van der Waals surface area contributed by atoms with Crippen molar-refractivity contribution in [3.05, 3.63) is 154 Å². The van der Waals surface area contributed by atoms with Crippen molar-refractivity contribution >= 4 is 17.3 Å². The second-order valence-electron chi connectivity index (χ2n) is 9.87. The Morgan fingerprint density at radius 3 is 1.83 bits per heavy atom. The highest BCUT2D eigenvalue weighted by molar-refractivity contribution is 5.64. The van der Waals surface area contributed by atoms with Crippen molar-refractivity contribution in [2.45, 2.75) is 31.5 Å². The maximum Gasteiger partial charge on any atom is 0.331 e. The number of allylic oxidation sites excluding steroid dienone is 5. The Kier molecular flexibility index (Phi) is 17.4. The Balaban J connectivity index is 0.000000275. The first kappa shape index (κ1) is 42.1. The lowest BCUT2D eigenvalue weighted by Crippen LogP contribution is -2.40. The smallest absolute Gasteiger partial charge is 0.331 e. The van der Waals surface area contributed by atoms with E-state index in [0.29, 0.717) is 5.70 Å². The Bertz CT molecular complexity index is 2100. The molecule has 4 aromatic rings.